The highest BCUT2D eigenvalue weighted by atomic mass is 16.3. The van der Waals surface area contributed by atoms with Gasteiger partial charge in [-0.15, -0.1) is 0 Å². The van der Waals surface area contributed by atoms with E-state index < -0.39 is 0 Å². The van der Waals surface area contributed by atoms with Gasteiger partial charge in [-0.3, -0.25) is 0 Å². The standard InChI is InChI=1S/C10H14O/c1-2-3-6-9-7-4-5-8-10(9)11/h4-8,10-11H,2-3H2,1H3/b9-6+. The second-order valence-electron chi connectivity index (χ2n) is 2.68. The zero-order chi connectivity index (χ0) is 8.10. The third-order valence-corrected chi connectivity index (χ3v) is 1.70. The first-order valence-electron chi connectivity index (χ1n) is 4.07. The van der Waals surface area contributed by atoms with Gasteiger partial charge >= 0.3 is 0 Å². The molecule has 0 amide bonds. The van der Waals surface area contributed by atoms with E-state index in [-0.39, 0.29) is 6.10 Å². The van der Waals surface area contributed by atoms with E-state index in [1.807, 2.05) is 18.2 Å². The van der Waals surface area contributed by atoms with Gasteiger partial charge in [0.15, 0.2) is 0 Å². The quantitative estimate of drug-likeness (QED) is 0.639. The Hall–Kier alpha value is -0.820. The molecule has 11 heavy (non-hydrogen) atoms. The Labute approximate surface area is 67.7 Å². The number of rotatable bonds is 2. The lowest BCUT2D eigenvalue weighted by atomic mass is 10.0. The van der Waals surface area contributed by atoms with E-state index in [0.29, 0.717) is 0 Å². The Morgan fingerprint density at radius 2 is 2.36 bits per heavy atom. The first kappa shape index (κ1) is 8.28. The third kappa shape index (κ3) is 2.35. The van der Waals surface area contributed by atoms with Gasteiger partial charge in [0.05, 0.1) is 6.10 Å². The molecule has 0 saturated heterocycles. The molecule has 0 aliphatic heterocycles. The lowest BCUT2D eigenvalue weighted by Crippen LogP contribution is -2.06. The average molecular weight is 150 g/mol. The smallest absolute Gasteiger partial charge is 0.0971 e. The van der Waals surface area contributed by atoms with Gasteiger partial charge in [0, 0.05) is 0 Å². The van der Waals surface area contributed by atoms with Crippen molar-refractivity contribution in [2.75, 3.05) is 0 Å². The van der Waals surface area contributed by atoms with E-state index in [1.165, 1.54) is 0 Å². The first-order chi connectivity index (χ1) is 5.34. The van der Waals surface area contributed by atoms with Crippen molar-refractivity contribution in [2.24, 2.45) is 0 Å². The molecule has 1 rings (SSSR count). The van der Waals surface area contributed by atoms with Gasteiger partial charge in [-0.1, -0.05) is 43.7 Å². The zero-order valence-electron chi connectivity index (χ0n) is 6.83. The summed E-state index contributed by atoms with van der Waals surface area (Å²) < 4.78 is 0. The molecule has 0 aromatic rings. The predicted molar refractivity (Wildman–Crippen MR) is 47.3 cm³/mol. The van der Waals surface area contributed by atoms with Crippen molar-refractivity contribution in [2.45, 2.75) is 25.9 Å². The third-order valence-electron chi connectivity index (χ3n) is 1.70. The summed E-state index contributed by atoms with van der Waals surface area (Å²) in [7, 11) is 0. The van der Waals surface area contributed by atoms with Gasteiger partial charge < -0.3 is 5.11 Å². The molecule has 0 aromatic heterocycles. The van der Waals surface area contributed by atoms with Gasteiger partial charge in [0.1, 0.15) is 0 Å². The molecule has 60 valence electrons. The molecule has 0 saturated carbocycles. The van der Waals surface area contributed by atoms with Crippen molar-refractivity contribution in [3.8, 4) is 0 Å². The van der Waals surface area contributed by atoms with E-state index >= 15 is 0 Å². The highest BCUT2D eigenvalue weighted by Crippen LogP contribution is 2.12. The van der Waals surface area contributed by atoms with E-state index in [2.05, 4.69) is 13.0 Å². The van der Waals surface area contributed by atoms with Crippen LogP contribution in [0.15, 0.2) is 36.0 Å². The summed E-state index contributed by atoms with van der Waals surface area (Å²) >= 11 is 0. The molecule has 0 spiro atoms. The monoisotopic (exact) mass is 150 g/mol. The summed E-state index contributed by atoms with van der Waals surface area (Å²) in [5, 5.41) is 9.39. The molecule has 1 nitrogen and oxygen atoms in total. The van der Waals surface area contributed by atoms with Crippen LogP contribution in [0.4, 0.5) is 0 Å². The summed E-state index contributed by atoms with van der Waals surface area (Å²) in [5.74, 6) is 0. The van der Waals surface area contributed by atoms with Crippen LogP contribution in [0.3, 0.4) is 0 Å². The van der Waals surface area contributed by atoms with Gasteiger partial charge in [-0.25, -0.2) is 0 Å². The second-order valence-corrected chi connectivity index (χ2v) is 2.68. The molecule has 0 heterocycles. The van der Waals surface area contributed by atoms with Gasteiger partial charge in [0.2, 0.25) is 0 Å². The second kappa shape index (κ2) is 4.14. The molecule has 0 radical (unpaired) electrons. The maximum absolute atomic E-state index is 9.39. The fourth-order valence-electron chi connectivity index (χ4n) is 1.05. The molecule has 1 aliphatic rings. The van der Waals surface area contributed by atoms with E-state index in [9.17, 15) is 5.11 Å². The molecule has 1 atom stereocenters. The Balaban J connectivity index is 2.57. The van der Waals surface area contributed by atoms with Crippen LogP contribution in [-0.4, -0.2) is 11.2 Å². The van der Waals surface area contributed by atoms with Crippen molar-refractivity contribution in [1.29, 1.82) is 0 Å². The topological polar surface area (TPSA) is 20.2 Å². The average Bonchev–Trinajstić information content (AvgIpc) is 2.03. The lowest BCUT2D eigenvalue weighted by Gasteiger charge is -2.09. The largest absolute Gasteiger partial charge is 0.384 e. The van der Waals surface area contributed by atoms with Crippen molar-refractivity contribution < 1.29 is 5.11 Å². The molecule has 0 aromatic carbocycles. The highest BCUT2D eigenvalue weighted by Gasteiger charge is 2.04. The maximum atomic E-state index is 9.39. The molecule has 1 heteroatoms. The van der Waals surface area contributed by atoms with Crippen LogP contribution in [0.5, 0.6) is 0 Å². The molecular weight excluding hydrogens is 136 g/mol. The minimum absolute atomic E-state index is 0.383. The van der Waals surface area contributed by atoms with Crippen molar-refractivity contribution in [3.63, 3.8) is 0 Å². The van der Waals surface area contributed by atoms with Gasteiger partial charge in [-0.05, 0) is 12.0 Å². The lowest BCUT2D eigenvalue weighted by molar-refractivity contribution is 0.261. The van der Waals surface area contributed by atoms with Crippen LogP contribution in [0, 0.1) is 0 Å². The summed E-state index contributed by atoms with van der Waals surface area (Å²) in [6, 6.07) is 0. The number of allylic oxidation sites excluding steroid dienone is 3. The minimum atomic E-state index is -0.383. The number of hydrogen-bond donors (Lipinski definition) is 1. The maximum Gasteiger partial charge on any atom is 0.0971 e. The van der Waals surface area contributed by atoms with Crippen molar-refractivity contribution in [1.82, 2.24) is 0 Å². The number of unbranched alkanes of at least 4 members (excludes halogenated alkanes) is 1. The normalized spacial score (nSPS) is 26.4. The Kier molecular flexibility index (Phi) is 3.12. The van der Waals surface area contributed by atoms with Crippen LogP contribution in [0.2, 0.25) is 0 Å². The molecule has 0 fully saturated rings. The Morgan fingerprint density at radius 1 is 1.55 bits per heavy atom. The number of aliphatic hydroxyl groups excluding tert-OH is 1. The van der Waals surface area contributed by atoms with Gasteiger partial charge in [-0.2, -0.15) is 0 Å². The van der Waals surface area contributed by atoms with Crippen LogP contribution in [-0.2, 0) is 0 Å². The fraction of sp³-hybridized carbons (Fsp3) is 0.400. The summed E-state index contributed by atoms with van der Waals surface area (Å²) in [6.45, 7) is 2.13. The van der Waals surface area contributed by atoms with Crippen LogP contribution < -0.4 is 0 Å². The van der Waals surface area contributed by atoms with Crippen LogP contribution in [0.25, 0.3) is 0 Å². The van der Waals surface area contributed by atoms with Gasteiger partial charge in [0.25, 0.3) is 0 Å². The van der Waals surface area contributed by atoms with E-state index in [0.717, 1.165) is 18.4 Å². The molecule has 0 bridgehead atoms. The Morgan fingerprint density at radius 3 is 3.00 bits per heavy atom. The molecule has 1 aliphatic carbocycles. The highest BCUT2D eigenvalue weighted by molar-refractivity contribution is 5.34. The van der Waals surface area contributed by atoms with E-state index in [1.54, 1.807) is 6.08 Å². The first-order valence-corrected chi connectivity index (χ1v) is 4.07. The SMILES string of the molecule is CCC/C=C1\C=CC=CC1O. The molecular formula is C10H14O. The van der Waals surface area contributed by atoms with Crippen LogP contribution in [0.1, 0.15) is 19.8 Å². The number of hydrogen-bond acceptors (Lipinski definition) is 1. The fourth-order valence-corrected chi connectivity index (χ4v) is 1.05. The molecule has 1 unspecified atom stereocenters. The predicted octanol–water partition coefficient (Wildman–Crippen LogP) is 2.20. The number of aliphatic hydroxyl groups is 1. The zero-order valence-corrected chi connectivity index (χ0v) is 6.83. The van der Waals surface area contributed by atoms with Crippen molar-refractivity contribution in [3.05, 3.63) is 36.0 Å². The molecule has 1 N–H and O–H groups in total. The van der Waals surface area contributed by atoms with Crippen molar-refractivity contribution >= 4 is 0 Å². The summed E-state index contributed by atoms with van der Waals surface area (Å²) in [5.41, 5.74) is 1.02. The van der Waals surface area contributed by atoms with Crippen LogP contribution >= 0.6 is 0 Å². The summed E-state index contributed by atoms with van der Waals surface area (Å²) in [6.07, 6.45) is 11.5. The van der Waals surface area contributed by atoms with E-state index in [4.69, 9.17) is 0 Å². The Bertz CT molecular complexity index is 199. The summed E-state index contributed by atoms with van der Waals surface area (Å²) in [4.78, 5) is 0. The minimum Gasteiger partial charge on any atom is -0.384 e.